The summed E-state index contributed by atoms with van der Waals surface area (Å²) in [5.41, 5.74) is 6.82. The number of carboxylic acid groups (broad SMARTS) is 1. The van der Waals surface area contributed by atoms with Crippen molar-refractivity contribution in [2.75, 3.05) is 5.73 Å². The van der Waals surface area contributed by atoms with Gasteiger partial charge in [-0.25, -0.2) is 18.9 Å². The molecule has 3 N–H and O–H groups in total. The molecule has 0 amide bonds. The van der Waals surface area contributed by atoms with Gasteiger partial charge in [-0.1, -0.05) is 0 Å². The summed E-state index contributed by atoms with van der Waals surface area (Å²) < 4.78 is 14.5. The Morgan fingerprint density at radius 1 is 1.33 bits per heavy atom. The van der Waals surface area contributed by atoms with Crippen molar-refractivity contribution >= 4 is 23.1 Å². The van der Waals surface area contributed by atoms with Crippen molar-refractivity contribution in [1.29, 1.82) is 0 Å². The Morgan fingerprint density at radius 2 is 2.05 bits per heavy atom. The number of aromatic nitrogens is 3. The smallest absolute Gasteiger partial charge is 0.355 e. The van der Waals surface area contributed by atoms with Crippen LogP contribution in [-0.4, -0.2) is 25.8 Å². The number of benzene rings is 1. The van der Waals surface area contributed by atoms with Crippen molar-refractivity contribution in [3.05, 3.63) is 47.2 Å². The average Bonchev–Trinajstić information content (AvgIpc) is 3.06. The zero-order chi connectivity index (χ0) is 15.0. The Hall–Kier alpha value is -2.74. The van der Waals surface area contributed by atoms with E-state index in [2.05, 4.69) is 10.1 Å². The molecule has 0 aliphatic heterocycles. The van der Waals surface area contributed by atoms with Crippen LogP contribution in [0.25, 0.3) is 16.4 Å². The summed E-state index contributed by atoms with van der Waals surface area (Å²) in [6.07, 6.45) is 0. The lowest BCUT2D eigenvalue weighted by Gasteiger charge is -2.04. The monoisotopic (exact) mass is 304 g/mol. The molecule has 0 saturated carbocycles. The van der Waals surface area contributed by atoms with Gasteiger partial charge in [0.15, 0.2) is 5.69 Å². The summed E-state index contributed by atoms with van der Waals surface area (Å²) in [7, 11) is 0. The predicted molar refractivity (Wildman–Crippen MR) is 76.0 cm³/mol. The molecule has 0 radical (unpaired) electrons. The number of rotatable bonds is 3. The number of carboxylic acids is 1. The number of hydrogen-bond donors (Lipinski definition) is 2. The number of nitrogen functional groups attached to an aromatic ring is 1. The number of nitrogens with two attached hydrogens (primary N) is 1. The average molecular weight is 304 g/mol. The van der Waals surface area contributed by atoms with Gasteiger partial charge in [0.05, 0.1) is 5.69 Å². The highest BCUT2D eigenvalue weighted by atomic mass is 32.1. The molecule has 0 saturated heterocycles. The molecule has 3 aromatic rings. The molecule has 1 aromatic carbocycles. The van der Waals surface area contributed by atoms with E-state index in [1.54, 1.807) is 18.2 Å². The molecular formula is C13H9FN4O2S. The second-order valence-corrected chi connectivity index (χ2v) is 5.04. The van der Waals surface area contributed by atoms with Gasteiger partial charge in [0, 0.05) is 11.4 Å². The number of aromatic carboxylic acids is 1. The van der Waals surface area contributed by atoms with E-state index in [0.717, 1.165) is 0 Å². The molecule has 106 valence electrons. The lowest BCUT2D eigenvalue weighted by atomic mass is 10.3. The first-order valence-electron chi connectivity index (χ1n) is 5.85. The number of thiazole rings is 1. The number of anilines is 1. The summed E-state index contributed by atoms with van der Waals surface area (Å²) in [6, 6.07) is 7.31. The van der Waals surface area contributed by atoms with Gasteiger partial charge in [-0.15, -0.1) is 11.3 Å². The molecule has 0 unspecified atom stereocenters. The fourth-order valence-corrected chi connectivity index (χ4v) is 2.61. The third-order valence-electron chi connectivity index (χ3n) is 2.74. The predicted octanol–water partition coefficient (Wildman–Crippen LogP) is 2.42. The van der Waals surface area contributed by atoms with Crippen molar-refractivity contribution in [3.63, 3.8) is 0 Å². The summed E-state index contributed by atoms with van der Waals surface area (Å²) in [6.45, 7) is 0. The Morgan fingerprint density at radius 3 is 2.67 bits per heavy atom. The van der Waals surface area contributed by atoms with Crippen LogP contribution in [0.15, 0.2) is 35.7 Å². The van der Waals surface area contributed by atoms with E-state index in [9.17, 15) is 9.18 Å². The zero-order valence-corrected chi connectivity index (χ0v) is 11.3. The maximum atomic E-state index is 13.0. The first-order valence-corrected chi connectivity index (χ1v) is 6.73. The molecule has 8 heteroatoms. The van der Waals surface area contributed by atoms with Crippen LogP contribution in [-0.2, 0) is 0 Å². The third-order valence-corrected chi connectivity index (χ3v) is 3.61. The molecule has 21 heavy (non-hydrogen) atoms. The standard InChI is InChI=1S/C13H9FN4O2S/c14-7-1-3-8(4-2-7)18-10(5-11(15)17-18)12-16-9(6-21-12)13(19)20/h1-6H,(H2,15,17)(H,19,20). The number of hydrogen-bond acceptors (Lipinski definition) is 5. The Bertz CT molecular complexity index is 810. The normalized spacial score (nSPS) is 10.7. The van der Waals surface area contributed by atoms with Gasteiger partial charge < -0.3 is 10.8 Å². The molecule has 6 nitrogen and oxygen atoms in total. The topological polar surface area (TPSA) is 94.0 Å². The maximum Gasteiger partial charge on any atom is 0.355 e. The molecule has 2 aromatic heterocycles. The summed E-state index contributed by atoms with van der Waals surface area (Å²) in [5, 5.41) is 15.0. The van der Waals surface area contributed by atoms with Crippen LogP contribution in [0.3, 0.4) is 0 Å². The van der Waals surface area contributed by atoms with E-state index in [1.165, 1.54) is 33.5 Å². The van der Waals surface area contributed by atoms with Gasteiger partial charge >= 0.3 is 5.97 Å². The van der Waals surface area contributed by atoms with Gasteiger partial charge in [0.2, 0.25) is 0 Å². The Balaban J connectivity index is 2.10. The molecule has 3 rings (SSSR count). The second-order valence-electron chi connectivity index (χ2n) is 4.19. The van der Waals surface area contributed by atoms with E-state index in [4.69, 9.17) is 10.8 Å². The number of carbonyl (C=O) groups is 1. The molecular weight excluding hydrogens is 295 g/mol. The SMILES string of the molecule is Nc1cc(-c2nc(C(=O)O)cs2)n(-c2ccc(F)cc2)n1. The lowest BCUT2D eigenvalue weighted by Crippen LogP contribution is -2.00. The highest BCUT2D eigenvalue weighted by Crippen LogP contribution is 2.28. The van der Waals surface area contributed by atoms with Crippen LogP contribution in [0.2, 0.25) is 0 Å². The minimum absolute atomic E-state index is 0.0413. The fourth-order valence-electron chi connectivity index (χ4n) is 1.82. The fraction of sp³-hybridized carbons (Fsp3) is 0. The van der Waals surface area contributed by atoms with Crippen molar-refractivity contribution < 1.29 is 14.3 Å². The molecule has 0 aliphatic rings. The van der Waals surface area contributed by atoms with Crippen LogP contribution < -0.4 is 5.73 Å². The van der Waals surface area contributed by atoms with Crippen LogP contribution in [0.1, 0.15) is 10.5 Å². The van der Waals surface area contributed by atoms with Crippen molar-refractivity contribution in [2.45, 2.75) is 0 Å². The quantitative estimate of drug-likeness (QED) is 0.775. The molecule has 2 heterocycles. The van der Waals surface area contributed by atoms with Crippen LogP contribution in [0, 0.1) is 5.82 Å². The van der Waals surface area contributed by atoms with Gasteiger partial charge in [0.25, 0.3) is 0 Å². The van der Waals surface area contributed by atoms with E-state index < -0.39 is 5.97 Å². The Kier molecular flexibility index (Phi) is 3.15. The molecule has 0 bridgehead atoms. The lowest BCUT2D eigenvalue weighted by molar-refractivity contribution is 0.0691. The van der Waals surface area contributed by atoms with Gasteiger partial charge in [-0.3, -0.25) is 0 Å². The van der Waals surface area contributed by atoms with Gasteiger partial charge in [0.1, 0.15) is 22.3 Å². The minimum Gasteiger partial charge on any atom is -0.476 e. The van der Waals surface area contributed by atoms with E-state index >= 15 is 0 Å². The van der Waals surface area contributed by atoms with Crippen molar-refractivity contribution in [1.82, 2.24) is 14.8 Å². The van der Waals surface area contributed by atoms with Crippen LogP contribution >= 0.6 is 11.3 Å². The molecule has 0 atom stereocenters. The van der Waals surface area contributed by atoms with Crippen molar-refractivity contribution in [2.24, 2.45) is 0 Å². The van der Waals surface area contributed by atoms with E-state index in [0.29, 0.717) is 16.4 Å². The molecule has 0 spiro atoms. The zero-order valence-electron chi connectivity index (χ0n) is 10.5. The molecule has 0 aliphatic carbocycles. The summed E-state index contributed by atoms with van der Waals surface area (Å²) in [5.74, 6) is -1.19. The number of nitrogens with zero attached hydrogens (tertiary/aromatic N) is 3. The Labute approximate surface area is 122 Å². The first-order chi connectivity index (χ1) is 10.0. The highest BCUT2D eigenvalue weighted by molar-refractivity contribution is 7.13. The maximum absolute atomic E-state index is 13.0. The summed E-state index contributed by atoms with van der Waals surface area (Å²) in [4.78, 5) is 14.9. The van der Waals surface area contributed by atoms with Crippen LogP contribution in [0.5, 0.6) is 0 Å². The highest BCUT2D eigenvalue weighted by Gasteiger charge is 2.16. The minimum atomic E-state index is -1.10. The number of halogens is 1. The van der Waals surface area contributed by atoms with E-state index in [1.807, 2.05) is 0 Å². The van der Waals surface area contributed by atoms with Crippen molar-refractivity contribution in [3.8, 4) is 16.4 Å². The second kappa shape index (κ2) is 4.98. The largest absolute Gasteiger partial charge is 0.476 e. The van der Waals surface area contributed by atoms with Gasteiger partial charge in [-0.2, -0.15) is 5.10 Å². The van der Waals surface area contributed by atoms with Gasteiger partial charge in [-0.05, 0) is 24.3 Å². The van der Waals surface area contributed by atoms with Crippen LogP contribution in [0.4, 0.5) is 10.2 Å². The first kappa shape index (κ1) is 13.3. The third kappa shape index (κ3) is 2.48. The summed E-state index contributed by atoms with van der Waals surface area (Å²) >= 11 is 1.17. The van der Waals surface area contributed by atoms with E-state index in [-0.39, 0.29) is 17.3 Å². The molecule has 0 fully saturated rings.